The van der Waals surface area contributed by atoms with Crippen LogP contribution in [0.4, 0.5) is 17.1 Å². The van der Waals surface area contributed by atoms with E-state index in [1.165, 1.54) is 31.3 Å². The van der Waals surface area contributed by atoms with Crippen molar-refractivity contribution in [3.8, 4) is 11.5 Å². The minimum absolute atomic E-state index is 0.00733. The molecule has 0 bridgehead atoms. The van der Waals surface area contributed by atoms with Crippen LogP contribution in [-0.4, -0.2) is 37.5 Å². The Labute approximate surface area is 177 Å². The van der Waals surface area contributed by atoms with Gasteiger partial charge < -0.3 is 19.7 Å². The molecule has 9 nitrogen and oxygen atoms in total. The number of amides is 2. The third-order valence-corrected chi connectivity index (χ3v) is 5.23. The highest BCUT2D eigenvalue weighted by Gasteiger charge is 2.37. The maximum absolute atomic E-state index is 12.8. The highest BCUT2D eigenvalue weighted by atomic mass is 35.5. The number of carbonyl (C=O) groups is 2. The monoisotopic (exact) mass is 433 g/mol. The average molecular weight is 434 g/mol. The molecule has 1 saturated heterocycles. The van der Waals surface area contributed by atoms with E-state index in [9.17, 15) is 19.7 Å². The van der Waals surface area contributed by atoms with Crippen LogP contribution in [0.1, 0.15) is 12.0 Å². The fourth-order valence-corrected chi connectivity index (χ4v) is 3.50. The van der Waals surface area contributed by atoms with E-state index in [1.807, 2.05) is 0 Å². The summed E-state index contributed by atoms with van der Waals surface area (Å²) in [5, 5.41) is 14.0. The fraction of sp³-hybridized carbons (Fsp3) is 0.300. The SMILES string of the molecule is COc1cc(OC)c(N2CC(C(=O)Nc3cc([N+](=O)[O-])ccc3C)CC2=O)cc1Cl. The van der Waals surface area contributed by atoms with Gasteiger partial charge in [-0.2, -0.15) is 0 Å². The van der Waals surface area contributed by atoms with Gasteiger partial charge in [-0.15, -0.1) is 0 Å². The number of halogens is 1. The van der Waals surface area contributed by atoms with Gasteiger partial charge in [-0.1, -0.05) is 17.7 Å². The predicted octanol–water partition coefficient (Wildman–Crippen LogP) is 3.57. The van der Waals surface area contributed by atoms with Gasteiger partial charge in [-0.25, -0.2) is 0 Å². The van der Waals surface area contributed by atoms with E-state index in [0.717, 1.165) is 0 Å². The van der Waals surface area contributed by atoms with Gasteiger partial charge in [0.1, 0.15) is 11.5 Å². The summed E-state index contributed by atoms with van der Waals surface area (Å²) in [7, 11) is 2.93. The summed E-state index contributed by atoms with van der Waals surface area (Å²) in [6, 6.07) is 7.36. The topological polar surface area (TPSA) is 111 Å². The predicted molar refractivity (Wildman–Crippen MR) is 111 cm³/mol. The summed E-state index contributed by atoms with van der Waals surface area (Å²) in [5.41, 5.74) is 1.33. The van der Waals surface area contributed by atoms with E-state index in [4.69, 9.17) is 21.1 Å². The molecule has 158 valence electrons. The molecule has 1 heterocycles. The van der Waals surface area contributed by atoms with Crippen LogP contribution in [0.3, 0.4) is 0 Å². The lowest BCUT2D eigenvalue weighted by atomic mass is 10.1. The standard InChI is InChI=1S/C20H20ClN3O6/c1-11-4-5-13(24(27)28)7-15(11)22-20(26)12-6-19(25)23(10-12)16-8-14(21)17(29-2)9-18(16)30-3/h4-5,7-9,12H,6,10H2,1-3H3,(H,22,26). The van der Waals surface area contributed by atoms with E-state index < -0.39 is 16.7 Å². The number of anilines is 2. The van der Waals surface area contributed by atoms with Gasteiger partial charge in [0, 0.05) is 31.2 Å². The second kappa shape index (κ2) is 8.58. The van der Waals surface area contributed by atoms with E-state index in [2.05, 4.69) is 5.32 Å². The second-order valence-corrected chi connectivity index (χ2v) is 7.22. The Morgan fingerprint density at radius 3 is 2.57 bits per heavy atom. The summed E-state index contributed by atoms with van der Waals surface area (Å²) in [4.78, 5) is 37.3. The normalized spacial score (nSPS) is 15.8. The van der Waals surface area contributed by atoms with Gasteiger partial charge >= 0.3 is 0 Å². The van der Waals surface area contributed by atoms with Crippen molar-refractivity contribution in [2.45, 2.75) is 13.3 Å². The van der Waals surface area contributed by atoms with Crippen LogP contribution >= 0.6 is 11.6 Å². The van der Waals surface area contributed by atoms with Crippen LogP contribution in [0.25, 0.3) is 0 Å². The molecule has 0 aliphatic carbocycles. The lowest BCUT2D eigenvalue weighted by Gasteiger charge is -2.21. The van der Waals surface area contributed by atoms with Gasteiger partial charge in [-0.3, -0.25) is 19.7 Å². The molecule has 3 rings (SSSR count). The zero-order valence-electron chi connectivity index (χ0n) is 16.6. The first-order valence-electron chi connectivity index (χ1n) is 9.03. The zero-order valence-corrected chi connectivity index (χ0v) is 17.4. The van der Waals surface area contributed by atoms with Crippen LogP contribution in [0, 0.1) is 23.0 Å². The molecule has 1 aliphatic rings. The minimum Gasteiger partial charge on any atom is -0.495 e. The molecule has 0 aromatic heterocycles. The van der Waals surface area contributed by atoms with Crippen molar-refractivity contribution >= 4 is 40.5 Å². The molecule has 0 radical (unpaired) electrons. The molecule has 2 aromatic carbocycles. The third kappa shape index (κ3) is 4.16. The number of benzene rings is 2. The van der Waals surface area contributed by atoms with Gasteiger partial charge in [0.05, 0.1) is 41.5 Å². The fourth-order valence-electron chi connectivity index (χ4n) is 3.26. The summed E-state index contributed by atoms with van der Waals surface area (Å²) < 4.78 is 10.5. The number of non-ortho nitro benzene ring substituents is 1. The molecule has 2 amide bonds. The number of carbonyl (C=O) groups excluding carboxylic acids is 2. The van der Waals surface area contributed by atoms with Crippen molar-refractivity contribution in [2.75, 3.05) is 31.0 Å². The molecule has 0 saturated carbocycles. The van der Waals surface area contributed by atoms with E-state index in [1.54, 1.807) is 25.1 Å². The summed E-state index contributed by atoms with van der Waals surface area (Å²) >= 11 is 6.20. The Balaban J connectivity index is 1.81. The Morgan fingerprint density at radius 1 is 1.23 bits per heavy atom. The van der Waals surface area contributed by atoms with Gasteiger partial charge in [0.2, 0.25) is 11.8 Å². The number of nitrogens with one attached hydrogen (secondary N) is 1. The van der Waals surface area contributed by atoms with Crippen LogP contribution in [0.15, 0.2) is 30.3 Å². The Bertz CT molecular complexity index is 1030. The highest BCUT2D eigenvalue weighted by Crippen LogP contribution is 2.40. The number of methoxy groups -OCH3 is 2. The van der Waals surface area contributed by atoms with Crippen LogP contribution in [-0.2, 0) is 9.59 Å². The van der Waals surface area contributed by atoms with Crippen LogP contribution in [0.2, 0.25) is 5.02 Å². The zero-order chi connectivity index (χ0) is 22.0. The molecular weight excluding hydrogens is 414 g/mol. The smallest absolute Gasteiger partial charge is 0.271 e. The third-order valence-electron chi connectivity index (χ3n) is 4.93. The quantitative estimate of drug-likeness (QED) is 0.550. The van der Waals surface area contributed by atoms with Crippen molar-refractivity contribution in [2.24, 2.45) is 5.92 Å². The van der Waals surface area contributed by atoms with Crippen LogP contribution in [0.5, 0.6) is 11.5 Å². The van der Waals surface area contributed by atoms with Gasteiger partial charge in [0.15, 0.2) is 0 Å². The summed E-state index contributed by atoms with van der Waals surface area (Å²) in [6.07, 6.45) is -0.00733. The first-order valence-corrected chi connectivity index (χ1v) is 9.40. The molecule has 1 unspecified atom stereocenters. The number of hydrogen-bond acceptors (Lipinski definition) is 6. The van der Waals surface area contributed by atoms with Gasteiger partial charge in [-0.05, 0) is 18.6 Å². The van der Waals surface area contributed by atoms with Crippen molar-refractivity contribution in [1.29, 1.82) is 0 Å². The Morgan fingerprint density at radius 2 is 1.93 bits per heavy atom. The van der Waals surface area contributed by atoms with Crippen molar-refractivity contribution in [3.05, 3.63) is 51.0 Å². The highest BCUT2D eigenvalue weighted by molar-refractivity contribution is 6.32. The first-order chi connectivity index (χ1) is 14.2. The molecule has 1 N–H and O–H groups in total. The summed E-state index contributed by atoms with van der Waals surface area (Å²) in [6.45, 7) is 1.85. The molecule has 2 aromatic rings. The number of nitrogens with zero attached hydrogens (tertiary/aromatic N) is 2. The largest absolute Gasteiger partial charge is 0.495 e. The van der Waals surface area contributed by atoms with Crippen LogP contribution < -0.4 is 19.7 Å². The molecule has 30 heavy (non-hydrogen) atoms. The van der Waals surface area contributed by atoms with Gasteiger partial charge in [0.25, 0.3) is 5.69 Å². The minimum atomic E-state index is -0.637. The lowest BCUT2D eigenvalue weighted by Crippen LogP contribution is -2.28. The molecule has 1 aliphatic heterocycles. The Hall–Kier alpha value is -3.33. The maximum Gasteiger partial charge on any atom is 0.271 e. The number of rotatable bonds is 6. The average Bonchev–Trinajstić information content (AvgIpc) is 3.10. The maximum atomic E-state index is 12.8. The first kappa shape index (κ1) is 21.4. The number of ether oxygens (including phenoxy) is 2. The molecular formula is C20H20ClN3O6. The number of nitro groups is 1. The Kier molecular flexibility index (Phi) is 6.12. The van der Waals surface area contributed by atoms with E-state index in [-0.39, 0.29) is 24.6 Å². The lowest BCUT2D eigenvalue weighted by molar-refractivity contribution is -0.384. The van der Waals surface area contributed by atoms with Crippen molar-refractivity contribution < 1.29 is 24.0 Å². The molecule has 10 heteroatoms. The number of hydrogen-bond donors (Lipinski definition) is 1. The van der Waals surface area contributed by atoms with Crippen molar-refractivity contribution in [1.82, 2.24) is 0 Å². The summed E-state index contributed by atoms with van der Waals surface area (Å²) in [5.74, 6) is -0.500. The molecule has 1 fully saturated rings. The molecule has 0 spiro atoms. The number of nitro benzene ring substituents is 1. The van der Waals surface area contributed by atoms with E-state index in [0.29, 0.717) is 33.5 Å². The van der Waals surface area contributed by atoms with E-state index >= 15 is 0 Å². The molecule has 1 atom stereocenters. The van der Waals surface area contributed by atoms with Crippen molar-refractivity contribution in [3.63, 3.8) is 0 Å². The second-order valence-electron chi connectivity index (χ2n) is 6.81. The number of aryl methyl sites for hydroxylation is 1.